The minimum absolute atomic E-state index is 0. The molecule has 0 bridgehead atoms. The first-order valence-electron chi connectivity index (χ1n) is 13.6. The summed E-state index contributed by atoms with van der Waals surface area (Å²) in [6, 6.07) is 15.5. The van der Waals surface area contributed by atoms with Crippen LogP contribution in [-0.4, -0.2) is 45.1 Å². The maximum Gasteiger partial charge on any atom is 0.232 e. The van der Waals surface area contributed by atoms with E-state index >= 15 is 0 Å². The van der Waals surface area contributed by atoms with Crippen molar-refractivity contribution in [1.82, 2.24) is 4.90 Å². The molecule has 2 aromatic rings. The summed E-state index contributed by atoms with van der Waals surface area (Å²) in [5, 5.41) is 0. The van der Waals surface area contributed by atoms with Crippen molar-refractivity contribution in [3.05, 3.63) is 54.1 Å². The summed E-state index contributed by atoms with van der Waals surface area (Å²) in [6.45, 7) is 3.50. The van der Waals surface area contributed by atoms with Crippen molar-refractivity contribution in [1.29, 1.82) is 0 Å². The second kappa shape index (κ2) is 12.3. The fraction of sp³-hybridized carbons (Fsp3) is 0.552. The summed E-state index contributed by atoms with van der Waals surface area (Å²) in [5.74, 6) is 2.95. The van der Waals surface area contributed by atoms with Gasteiger partial charge >= 0.3 is 0 Å². The SMILES string of the molecule is CS(=O)(=O)N(CC1CCCCC1)c1ccc(Oc2ccc(CN3CC4CC(C(N)=O)CC4C3)cc2)cc1.Cl. The molecule has 208 valence electrons. The molecule has 9 heteroatoms. The van der Waals surface area contributed by atoms with E-state index in [1.165, 1.54) is 31.1 Å². The van der Waals surface area contributed by atoms with Gasteiger partial charge in [0.05, 0.1) is 11.9 Å². The molecule has 2 aliphatic carbocycles. The maximum absolute atomic E-state index is 12.5. The second-order valence-corrected chi connectivity index (χ2v) is 13.2. The molecule has 2 aromatic carbocycles. The number of amides is 1. The first-order valence-corrected chi connectivity index (χ1v) is 15.5. The fourth-order valence-corrected chi connectivity index (χ4v) is 7.52. The van der Waals surface area contributed by atoms with Crippen LogP contribution in [0.25, 0.3) is 0 Å². The van der Waals surface area contributed by atoms with Crippen molar-refractivity contribution < 1.29 is 17.9 Å². The van der Waals surface area contributed by atoms with Gasteiger partial charge in [0.2, 0.25) is 15.9 Å². The number of carbonyl (C=O) groups excluding carboxylic acids is 1. The zero-order chi connectivity index (χ0) is 26.0. The van der Waals surface area contributed by atoms with Crippen LogP contribution in [0.2, 0.25) is 0 Å². The second-order valence-electron chi connectivity index (χ2n) is 11.3. The summed E-state index contributed by atoms with van der Waals surface area (Å²) < 4.78 is 32.6. The standard InChI is InChI=1S/C29H39N3O4S.ClH/c1-37(34,35)32(18-21-5-3-2-4-6-21)26-9-13-28(14-10-26)36-27-11-7-22(8-12-27)17-31-19-24-15-23(29(30)33)16-25(24)20-31;/h7-14,21,23-25H,2-6,15-20H2,1H3,(H2,30,33);1H. The van der Waals surface area contributed by atoms with Crippen molar-refractivity contribution in [2.24, 2.45) is 29.4 Å². The molecule has 5 rings (SSSR count). The average Bonchev–Trinajstić information content (AvgIpc) is 3.44. The van der Waals surface area contributed by atoms with Gasteiger partial charge in [0.25, 0.3) is 0 Å². The Kier molecular flexibility index (Phi) is 9.27. The number of rotatable bonds is 9. The van der Waals surface area contributed by atoms with Gasteiger partial charge in [0.1, 0.15) is 11.5 Å². The number of sulfonamides is 1. The molecule has 1 amide bonds. The Labute approximate surface area is 233 Å². The minimum atomic E-state index is -3.35. The Hall–Kier alpha value is -2.29. The molecule has 38 heavy (non-hydrogen) atoms. The molecular weight excluding hydrogens is 522 g/mol. The van der Waals surface area contributed by atoms with Crippen molar-refractivity contribution >= 4 is 34.0 Å². The summed E-state index contributed by atoms with van der Waals surface area (Å²) in [4.78, 5) is 14.0. The molecular formula is C29H40ClN3O4S. The smallest absolute Gasteiger partial charge is 0.232 e. The van der Waals surface area contributed by atoms with Gasteiger partial charge in [0, 0.05) is 32.1 Å². The van der Waals surface area contributed by atoms with E-state index in [-0.39, 0.29) is 24.2 Å². The molecule has 2 unspecified atom stereocenters. The lowest BCUT2D eigenvalue weighted by Crippen LogP contribution is -2.35. The number of ether oxygens (including phenoxy) is 1. The number of anilines is 1. The van der Waals surface area contributed by atoms with Gasteiger partial charge in [-0.15, -0.1) is 12.4 Å². The van der Waals surface area contributed by atoms with Gasteiger partial charge < -0.3 is 10.5 Å². The van der Waals surface area contributed by atoms with Crippen molar-refractivity contribution in [2.45, 2.75) is 51.5 Å². The van der Waals surface area contributed by atoms with Crippen LogP contribution in [0.5, 0.6) is 11.5 Å². The van der Waals surface area contributed by atoms with Crippen LogP contribution in [0, 0.1) is 23.7 Å². The van der Waals surface area contributed by atoms with E-state index in [0.29, 0.717) is 35.7 Å². The summed E-state index contributed by atoms with van der Waals surface area (Å²) in [7, 11) is -3.35. The molecule has 1 aliphatic heterocycles. The molecule has 3 fully saturated rings. The Morgan fingerprint density at radius 2 is 1.50 bits per heavy atom. The molecule has 2 N–H and O–H groups in total. The van der Waals surface area contributed by atoms with Crippen LogP contribution in [0.4, 0.5) is 5.69 Å². The predicted octanol–water partition coefficient (Wildman–Crippen LogP) is 5.19. The molecule has 1 saturated heterocycles. The van der Waals surface area contributed by atoms with E-state index in [1.807, 2.05) is 36.4 Å². The third-order valence-corrected chi connectivity index (χ3v) is 9.63. The highest BCUT2D eigenvalue weighted by Gasteiger charge is 2.42. The molecule has 2 saturated carbocycles. The maximum atomic E-state index is 12.5. The number of hydrogen-bond acceptors (Lipinski definition) is 5. The zero-order valence-electron chi connectivity index (χ0n) is 22.1. The number of likely N-dealkylation sites (tertiary alicyclic amines) is 1. The van der Waals surface area contributed by atoms with E-state index in [0.717, 1.165) is 51.1 Å². The third kappa shape index (κ3) is 7.01. The van der Waals surface area contributed by atoms with Gasteiger partial charge in [-0.25, -0.2) is 8.42 Å². The van der Waals surface area contributed by atoms with Gasteiger partial charge in [-0.3, -0.25) is 14.0 Å². The quantitative estimate of drug-likeness (QED) is 0.455. The Bertz CT molecular complexity index is 1170. The Morgan fingerprint density at radius 3 is 2.03 bits per heavy atom. The summed E-state index contributed by atoms with van der Waals surface area (Å²) in [5.41, 5.74) is 7.43. The number of nitrogens with zero attached hydrogens (tertiary/aromatic N) is 2. The molecule has 0 spiro atoms. The number of carbonyl (C=O) groups is 1. The Balaban J connectivity index is 0.00000336. The molecule has 2 atom stereocenters. The van der Waals surface area contributed by atoms with Crippen LogP contribution in [0.15, 0.2) is 48.5 Å². The fourth-order valence-electron chi connectivity index (χ4n) is 6.53. The third-order valence-electron chi connectivity index (χ3n) is 8.47. The molecule has 0 aromatic heterocycles. The van der Waals surface area contributed by atoms with E-state index in [4.69, 9.17) is 10.5 Å². The molecule has 1 heterocycles. The lowest BCUT2D eigenvalue weighted by molar-refractivity contribution is -0.121. The van der Waals surface area contributed by atoms with Gasteiger partial charge in [-0.2, -0.15) is 0 Å². The monoisotopic (exact) mass is 561 g/mol. The van der Waals surface area contributed by atoms with Gasteiger partial charge in [-0.05, 0) is 85.4 Å². The molecule has 7 nitrogen and oxygen atoms in total. The molecule has 0 radical (unpaired) electrons. The lowest BCUT2D eigenvalue weighted by atomic mass is 9.89. The number of nitrogens with two attached hydrogens (primary N) is 1. The van der Waals surface area contributed by atoms with Crippen LogP contribution in [0.1, 0.15) is 50.5 Å². The Morgan fingerprint density at radius 1 is 0.947 bits per heavy atom. The first kappa shape index (κ1) is 28.7. The zero-order valence-corrected chi connectivity index (χ0v) is 23.8. The van der Waals surface area contributed by atoms with Gasteiger partial charge in [-0.1, -0.05) is 31.4 Å². The van der Waals surface area contributed by atoms with E-state index < -0.39 is 10.0 Å². The van der Waals surface area contributed by atoms with Crippen LogP contribution < -0.4 is 14.8 Å². The van der Waals surface area contributed by atoms with E-state index in [9.17, 15) is 13.2 Å². The summed E-state index contributed by atoms with van der Waals surface area (Å²) >= 11 is 0. The lowest BCUT2D eigenvalue weighted by Gasteiger charge is -2.29. The number of fused-ring (bicyclic) bond motifs is 1. The average molecular weight is 562 g/mol. The molecule has 3 aliphatic rings. The largest absolute Gasteiger partial charge is 0.457 e. The first-order chi connectivity index (χ1) is 17.7. The summed E-state index contributed by atoms with van der Waals surface area (Å²) in [6.07, 6.45) is 8.97. The van der Waals surface area contributed by atoms with E-state index in [1.54, 1.807) is 4.31 Å². The highest BCUT2D eigenvalue weighted by atomic mass is 35.5. The van der Waals surface area contributed by atoms with Gasteiger partial charge in [0.15, 0.2) is 0 Å². The number of benzene rings is 2. The highest BCUT2D eigenvalue weighted by Crippen LogP contribution is 2.41. The highest BCUT2D eigenvalue weighted by molar-refractivity contribution is 7.92. The predicted molar refractivity (Wildman–Crippen MR) is 153 cm³/mol. The topological polar surface area (TPSA) is 92.9 Å². The minimum Gasteiger partial charge on any atom is -0.457 e. The van der Waals surface area contributed by atoms with E-state index in [2.05, 4.69) is 17.0 Å². The van der Waals surface area contributed by atoms with Crippen molar-refractivity contribution in [3.8, 4) is 11.5 Å². The van der Waals surface area contributed by atoms with Crippen molar-refractivity contribution in [3.63, 3.8) is 0 Å². The van der Waals surface area contributed by atoms with Crippen LogP contribution in [-0.2, 0) is 21.4 Å². The van der Waals surface area contributed by atoms with Crippen molar-refractivity contribution in [2.75, 3.05) is 30.2 Å². The normalized spacial score (nSPS) is 24.0. The number of primary amides is 1. The number of hydrogen-bond donors (Lipinski definition) is 1. The van der Waals surface area contributed by atoms with Crippen LogP contribution in [0.3, 0.4) is 0 Å². The number of halogens is 1. The van der Waals surface area contributed by atoms with Crippen LogP contribution >= 0.6 is 12.4 Å².